The van der Waals surface area contributed by atoms with Crippen LogP contribution in [0.1, 0.15) is 18.0 Å². The molecule has 0 fully saturated rings. The highest BCUT2D eigenvalue weighted by Crippen LogP contribution is 2.46. The fourth-order valence-corrected chi connectivity index (χ4v) is 4.67. The first-order valence-electron chi connectivity index (χ1n) is 10.0. The van der Waals surface area contributed by atoms with Crippen LogP contribution in [0.25, 0.3) is 11.1 Å². The van der Waals surface area contributed by atoms with Gasteiger partial charge in [-0.05, 0) is 53.3 Å². The third kappa shape index (κ3) is 4.76. The van der Waals surface area contributed by atoms with Gasteiger partial charge < -0.3 is 0 Å². The third-order valence-electron chi connectivity index (χ3n) is 5.48. The van der Waals surface area contributed by atoms with Gasteiger partial charge in [0, 0.05) is 16.3 Å². The average molecular weight is 531 g/mol. The van der Waals surface area contributed by atoms with Crippen molar-refractivity contribution < 1.29 is 22.0 Å². The first-order valence-corrected chi connectivity index (χ1v) is 12.0. The number of anilines is 1. The highest BCUT2D eigenvalue weighted by atomic mass is 35.5. The Morgan fingerprint density at radius 3 is 2.24 bits per heavy atom. The molecule has 0 N–H and O–H groups in total. The number of alkyl halides is 5. The van der Waals surface area contributed by atoms with Crippen LogP contribution in [0.15, 0.2) is 76.7 Å². The molecule has 1 atom stereocenters. The molecule has 0 saturated heterocycles. The fraction of sp³-hybridized carbons (Fsp3) is 0.208. The molecule has 1 aliphatic heterocycles. The molecule has 0 saturated carbocycles. The monoisotopic (exact) mass is 530 g/mol. The number of hydrazone groups is 1. The number of thioether (sulfide) groups is 1. The maximum absolute atomic E-state index is 14.2. The van der Waals surface area contributed by atoms with E-state index in [1.807, 2.05) is 30.5 Å². The van der Waals surface area contributed by atoms with Gasteiger partial charge in [-0.3, -0.25) is 5.01 Å². The lowest BCUT2D eigenvalue weighted by Gasteiger charge is -2.25. The molecule has 0 aliphatic carbocycles. The van der Waals surface area contributed by atoms with E-state index in [0.29, 0.717) is 10.6 Å². The topological polar surface area (TPSA) is 15.6 Å². The van der Waals surface area contributed by atoms with E-state index in [2.05, 4.69) is 5.10 Å². The van der Waals surface area contributed by atoms with E-state index in [0.717, 1.165) is 21.0 Å². The summed E-state index contributed by atoms with van der Waals surface area (Å²) >= 11 is 13.8. The van der Waals surface area contributed by atoms with E-state index >= 15 is 0 Å². The number of nitrogens with zero attached hydrogens (tertiary/aromatic N) is 2. The molecule has 3 aromatic carbocycles. The molecule has 1 aliphatic rings. The average Bonchev–Trinajstić information content (AvgIpc) is 3.24. The lowest BCUT2D eigenvalue weighted by Crippen LogP contribution is -2.43. The molecule has 0 bridgehead atoms. The van der Waals surface area contributed by atoms with Gasteiger partial charge in [0.2, 0.25) is 0 Å². The van der Waals surface area contributed by atoms with Crippen molar-refractivity contribution in [1.82, 2.24) is 0 Å². The number of benzene rings is 3. The van der Waals surface area contributed by atoms with Gasteiger partial charge in [-0.25, -0.2) is 0 Å². The van der Waals surface area contributed by atoms with Crippen molar-refractivity contribution in [2.24, 2.45) is 5.10 Å². The molecule has 0 radical (unpaired) electrons. The molecule has 4 rings (SSSR count). The Hall–Kier alpha value is -2.29. The van der Waals surface area contributed by atoms with Gasteiger partial charge in [0.1, 0.15) is 5.71 Å². The van der Waals surface area contributed by atoms with Crippen LogP contribution < -0.4 is 5.01 Å². The second kappa shape index (κ2) is 9.40. The van der Waals surface area contributed by atoms with Gasteiger partial charge in [0.15, 0.2) is 0 Å². The minimum absolute atomic E-state index is 0.0864. The SMILES string of the molecule is CSc1cccc(-c2ccc(C3CC(C(F)(F)C(F)(F)F)=NN3c3ccc(Cl)cc3Cl)cc2)c1. The Balaban J connectivity index is 1.73. The van der Waals surface area contributed by atoms with E-state index in [1.54, 1.807) is 36.0 Å². The number of hydrogen-bond acceptors (Lipinski definition) is 3. The zero-order valence-electron chi connectivity index (χ0n) is 17.6. The lowest BCUT2D eigenvalue weighted by molar-refractivity contribution is -0.249. The van der Waals surface area contributed by atoms with Crippen LogP contribution >= 0.6 is 35.0 Å². The van der Waals surface area contributed by atoms with Crippen LogP contribution in [-0.2, 0) is 0 Å². The summed E-state index contributed by atoms with van der Waals surface area (Å²) in [4.78, 5) is 1.08. The third-order valence-corrected chi connectivity index (χ3v) is 6.75. The molecular formula is C24H17Cl2F5N2S. The predicted molar refractivity (Wildman–Crippen MR) is 128 cm³/mol. The maximum Gasteiger partial charge on any atom is 0.459 e. The van der Waals surface area contributed by atoms with Crippen molar-refractivity contribution in [2.45, 2.75) is 29.5 Å². The van der Waals surface area contributed by atoms with Gasteiger partial charge in [0.05, 0.1) is 16.8 Å². The first kappa shape index (κ1) is 24.8. The Bertz CT molecular complexity index is 1230. The highest BCUT2D eigenvalue weighted by molar-refractivity contribution is 7.98. The molecule has 2 nitrogen and oxygen atoms in total. The first-order chi connectivity index (χ1) is 16.0. The smallest absolute Gasteiger partial charge is 0.256 e. The number of rotatable bonds is 5. The fourth-order valence-electron chi connectivity index (χ4n) is 3.71. The van der Waals surface area contributed by atoms with Crippen LogP contribution in [0.4, 0.5) is 27.6 Å². The minimum Gasteiger partial charge on any atom is -0.256 e. The molecule has 0 aromatic heterocycles. The summed E-state index contributed by atoms with van der Waals surface area (Å²) in [6, 6.07) is 18.3. The molecule has 1 heterocycles. The van der Waals surface area contributed by atoms with Crippen LogP contribution in [0.5, 0.6) is 0 Å². The van der Waals surface area contributed by atoms with Crippen LogP contribution in [0.3, 0.4) is 0 Å². The molecule has 3 aromatic rings. The largest absolute Gasteiger partial charge is 0.459 e. The number of halogens is 7. The van der Waals surface area contributed by atoms with Gasteiger partial charge >= 0.3 is 12.1 Å². The second-order valence-electron chi connectivity index (χ2n) is 7.63. The molecule has 34 heavy (non-hydrogen) atoms. The number of hydrogen-bond donors (Lipinski definition) is 0. The van der Waals surface area contributed by atoms with Gasteiger partial charge in [-0.2, -0.15) is 27.1 Å². The van der Waals surface area contributed by atoms with E-state index in [9.17, 15) is 22.0 Å². The van der Waals surface area contributed by atoms with E-state index in [-0.39, 0.29) is 10.7 Å². The van der Waals surface area contributed by atoms with Crippen molar-refractivity contribution in [1.29, 1.82) is 0 Å². The van der Waals surface area contributed by atoms with Crippen LogP contribution in [0.2, 0.25) is 10.0 Å². The van der Waals surface area contributed by atoms with E-state index < -0.39 is 30.3 Å². The summed E-state index contributed by atoms with van der Waals surface area (Å²) in [5.74, 6) is -5.07. The second-order valence-corrected chi connectivity index (χ2v) is 9.36. The molecule has 1 unspecified atom stereocenters. The zero-order chi connectivity index (χ0) is 24.7. The van der Waals surface area contributed by atoms with Crippen molar-refractivity contribution in [3.05, 3.63) is 82.3 Å². The Kier molecular flexibility index (Phi) is 6.86. The summed E-state index contributed by atoms with van der Waals surface area (Å²) in [5.41, 5.74) is 1.28. The lowest BCUT2D eigenvalue weighted by atomic mass is 9.96. The Morgan fingerprint density at radius 2 is 1.62 bits per heavy atom. The standard InChI is InChI=1S/C24H17Cl2F5N2S/c1-34-18-4-2-3-16(11-18)14-5-7-15(8-6-14)21-13-22(23(27,28)24(29,30)31)32-33(21)20-10-9-17(25)12-19(20)26/h2-12,21H,13H2,1H3. The van der Waals surface area contributed by atoms with E-state index in [1.165, 1.54) is 18.2 Å². The molecule has 0 spiro atoms. The minimum atomic E-state index is -5.76. The summed E-state index contributed by atoms with van der Waals surface area (Å²) in [6.07, 6.45) is -4.41. The van der Waals surface area contributed by atoms with Gasteiger partial charge in [-0.1, -0.05) is 59.6 Å². The van der Waals surface area contributed by atoms with E-state index in [4.69, 9.17) is 23.2 Å². The van der Waals surface area contributed by atoms with Gasteiger partial charge in [-0.15, -0.1) is 11.8 Å². The summed E-state index contributed by atoms with van der Waals surface area (Å²) in [7, 11) is 0. The molecular weight excluding hydrogens is 514 g/mol. The van der Waals surface area contributed by atoms with Crippen LogP contribution in [0, 0.1) is 0 Å². The molecule has 178 valence electrons. The van der Waals surface area contributed by atoms with Crippen molar-refractivity contribution in [2.75, 3.05) is 11.3 Å². The highest BCUT2D eigenvalue weighted by Gasteiger charge is 2.62. The van der Waals surface area contributed by atoms with Crippen molar-refractivity contribution in [3.63, 3.8) is 0 Å². The van der Waals surface area contributed by atoms with Crippen molar-refractivity contribution in [3.8, 4) is 11.1 Å². The summed E-state index contributed by atoms with van der Waals surface area (Å²) in [6.45, 7) is 0. The molecule has 10 heteroatoms. The normalized spacial score (nSPS) is 16.6. The Morgan fingerprint density at radius 1 is 0.912 bits per heavy atom. The predicted octanol–water partition coefficient (Wildman–Crippen LogP) is 8.89. The maximum atomic E-state index is 14.2. The summed E-state index contributed by atoms with van der Waals surface area (Å²) < 4.78 is 67.6. The van der Waals surface area contributed by atoms with Crippen molar-refractivity contribution >= 4 is 46.4 Å². The van der Waals surface area contributed by atoms with Crippen LogP contribution in [-0.4, -0.2) is 24.1 Å². The Labute approximate surface area is 207 Å². The zero-order valence-corrected chi connectivity index (χ0v) is 19.9. The molecule has 0 amide bonds. The van der Waals surface area contributed by atoms with Gasteiger partial charge in [0.25, 0.3) is 0 Å². The quantitative estimate of drug-likeness (QED) is 0.241. The summed E-state index contributed by atoms with van der Waals surface area (Å²) in [5, 5.41) is 5.19.